The second kappa shape index (κ2) is 18.2. The van der Waals surface area contributed by atoms with Crippen LogP contribution in [0.4, 0.5) is 0 Å². The number of benzene rings is 14. The van der Waals surface area contributed by atoms with Crippen LogP contribution in [-0.2, 0) is 10.8 Å². The first-order valence-electron chi connectivity index (χ1n) is 27.6. The molecular formula is C78H50O2. The van der Waals surface area contributed by atoms with Gasteiger partial charge in [-0.2, -0.15) is 0 Å². The second-order valence-electron chi connectivity index (χ2n) is 21.3. The summed E-state index contributed by atoms with van der Waals surface area (Å²) < 4.78 is 13.5. The zero-order valence-electron chi connectivity index (χ0n) is 43.7. The van der Waals surface area contributed by atoms with Crippen LogP contribution in [0.1, 0.15) is 44.5 Å². The van der Waals surface area contributed by atoms with Crippen molar-refractivity contribution in [2.75, 3.05) is 0 Å². The fraction of sp³-hybridized carbons (Fsp3) is 0.0256. The monoisotopic (exact) mass is 1020 g/mol. The lowest BCUT2D eigenvalue weighted by molar-refractivity contribution is 0.434. The molecule has 0 fully saturated rings. The lowest BCUT2D eigenvalue weighted by atomic mass is 9.63. The van der Waals surface area contributed by atoms with Crippen molar-refractivity contribution >= 4 is 43.1 Å². The summed E-state index contributed by atoms with van der Waals surface area (Å²) in [6.07, 6.45) is 0. The highest BCUT2D eigenvalue weighted by atomic mass is 16.5. The summed E-state index contributed by atoms with van der Waals surface area (Å²) in [4.78, 5) is 0. The summed E-state index contributed by atoms with van der Waals surface area (Å²) in [6, 6.07) is 111. The number of hydrogen-bond donors (Lipinski definition) is 0. The van der Waals surface area contributed by atoms with Gasteiger partial charge in [-0.15, -0.1) is 0 Å². The van der Waals surface area contributed by atoms with Crippen LogP contribution in [0, 0.1) is 0 Å². The summed E-state index contributed by atoms with van der Waals surface area (Å²) >= 11 is 0. The number of hydrogen-bond acceptors (Lipinski definition) is 2. The number of ether oxygens (including phenoxy) is 2. The first-order valence-corrected chi connectivity index (χ1v) is 27.6. The third-order valence-electron chi connectivity index (χ3n) is 17.3. The number of rotatable bonds is 7. The molecule has 0 aromatic heterocycles. The predicted molar refractivity (Wildman–Crippen MR) is 330 cm³/mol. The topological polar surface area (TPSA) is 18.5 Å². The van der Waals surface area contributed by atoms with Crippen molar-refractivity contribution in [3.8, 4) is 56.4 Å². The van der Waals surface area contributed by atoms with Gasteiger partial charge in [-0.3, -0.25) is 0 Å². The molecule has 0 unspecified atom stereocenters. The average Bonchev–Trinajstić information content (AvgIpc) is 3.69. The van der Waals surface area contributed by atoms with Crippen molar-refractivity contribution in [2.24, 2.45) is 0 Å². The fourth-order valence-electron chi connectivity index (χ4n) is 14.0. The average molecular weight is 1020 g/mol. The molecule has 0 spiro atoms. The molecule has 80 heavy (non-hydrogen) atoms. The first kappa shape index (κ1) is 45.9. The summed E-state index contributed by atoms with van der Waals surface area (Å²) in [5.41, 5.74) is 14.9. The van der Waals surface area contributed by atoms with E-state index in [1.807, 2.05) is 0 Å². The van der Waals surface area contributed by atoms with Crippen molar-refractivity contribution in [1.29, 1.82) is 0 Å². The Labute approximate surface area is 465 Å². The van der Waals surface area contributed by atoms with E-state index in [0.717, 1.165) is 67.5 Å². The van der Waals surface area contributed by atoms with Crippen molar-refractivity contribution in [2.45, 2.75) is 10.8 Å². The minimum Gasteiger partial charge on any atom is -0.457 e. The molecule has 14 aromatic rings. The maximum Gasteiger partial charge on any atom is 0.132 e. The van der Waals surface area contributed by atoms with E-state index in [-0.39, 0.29) is 0 Å². The summed E-state index contributed by atoms with van der Waals surface area (Å²) in [5, 5.41) is 9.69. The molecule has 2 aliphatic heterocycles. The molecule has 0 bridgehead atoms. The van der Waals surface area contributed by atoms with E-state index in [1.54, 1.807) is 0 Å². The Hall–Kier alpha value is -10.3. The summed E-state index contributed by atoms with van der Waals surface area (Å²) in [5.74, 6) is 3.45. The molecule has 2 nitrogen and oxygen atoms in total. The van der Waals surface area contributed by atoms with Crippen LogP contribution in [0.15, 0.2) is 303 Å². The Morgan fingerprint density at radius 1 is 0.212 bits per heavy atom. The molecule has 0 N–H and O–H groups in total. The molecule has 0 saturated carbocycles. The highest BCUT2D eigenvalue weighted by Gasteiger charge is 2.47. The number of para-hydroxylation sites is 4. The molecule has 2 heterocycles. The zero-order valence-corrected chi connectivity index (χ0v) is 43.7. The van der Waals surface area contributed by atoms with E-state index in [1.165, 1.54) is 76.5 Å². The van der Waals surface area contributed by atoms with Crippen LogP contribution in [0.5, 0.6) is 23.0 Å². The van der Waals surface area contributed by atoms with Gasteiger partial charge in [0.1, 0.15) is 23.0 Å². The van der Waals surface area contributed by atoms with E-state index in [9.17, 15) is 0 Å². The van der Waals surface area contributed by atoms with Gasteiger partial charge in [0.2, 0.25) is 0 Å². The van der Waals surface area contributed by atoms with Crippen LogP contribution in [0.3, 0.4) is 0 Å². The van der Waals surface area contributed by atoms with Crippen molar-refractivity contribution in [1.82, 2.24) is 0 Å². The van der Waals surface area contributed by atoms with Gasteiger partial charge >= 0.3 is 0 Å². The van der Waals surface area contributed by atoms with Gasteiger partial charge in [-0.05, 0) is 147 Å². The minimum atomic E-state index is -0.671. The molecule has 0 aliphatic carbocycles. The van der Waals surface area contributed by atoms with E-state index in [0.29, 0.717) is 0 Å². The molecule has 374 valence electrons. The third-order valence-corrected chi connectivity index (χ3v) is 17.3. The zero-order chi connectivity index (χ0) is 52.8. The van der Waals surface area contributed by atoms with E-state index in [4.69, 9.17) is 9.47 Å². The molecule has 0 amide bonds. The van der Waals surface area contributed by atoms with Crippen LogP contribution in [0.2, 0.25) is 0 Å². The van der Waals surface area contributed by atoms with Gasteiger partial charge in [0.25, 0.3) is 0 Å². The number of fused-ring (bicyclic) bond motifs is 9. The Bertz CT molecular complexity index is 4450. The van der Waals surface area contributed by atoms with Gasteiger partial charge in [0, 0.05) is 22.3 Å². The SMILES string of the molecule is c1ccc(C2(c3cccc(-c4cccc5c(-c6cc7ccccc7c7ccccc67)c6cccc(-c7cccc(C8(c9ccccc9)c9ccccc9Oc9ccccc98)c7)c6cc45)c3)c3ccccc3Oc3ccccc32)cc1. The van der Waals surface area contributed by atoms with Crippen LogP contribution in [-0.4, -0.2) is 0 Å². The normalized spacial score (nSPS) is 13.7. The van der Waals surface area contributed by atoms with Gasteiger partial charge in [0.05, 0.1) is 10.8 Å². The standard InChI is InChI=1S/C78H50O2/c1-3-26-54(27-4-1)77(68-39-11-15-43-72(68)79-73-44-16-12-40-69(73)77)56-30-19-24-51(47-56)59-35-21-37-63-65(59)50-66-60(36-22-38-64(66)76(63)67-49-53-23-7-8-32-58(53)61-33-9-10-34-62(61)67)52-25-20-31-57(48-52)78(55-28-5-2-6-29-55)70-41-13-17-45-74(70)80-75-46-18-14-42-71(75)78/h1-50H. The van der Waals surface area contributed by atoms with E-state index < -0.39 is 10.8 Å². The Balaban J connectivity index is 0.986. The molecule has 14 aromatic carbocycles. The molecule has 2 heteroatoms. The highest BCUT2D eigenvalue weighted by molar-refractivity contribution is 6.24. The van der Waals surface area contributed by atoms with Gasteiger partial charge in [-0.25, -0.2) is 0 Å². The summed E-state index contributed by atoms with van der Waals surface area (Å²) in [6.45, 7) is 0. The Morgan fingerprint density at radius 3 is 1.05 bits per heavy atom. The van der Waals surface area contributed by atoms with Crippen LogP contribution in [0.25, 0.3) is 76.5 Å². The molecule has 0 atom stereocenters. The predicted octanol–water partition coefficient (Wildman–Crippen LogP) is 20.3. The van der Waals surface area contributed by atoms with E-state index in [2.05, 4.69) is 303 Å². The Morgan fingerprint density at radius 2 is 0.575 bits per heavy atom. The fourth-order valence-corrected chi connectivity index (χ4v) is 14.0. The maximum atomic E-state index is 6.74. The van der Waals surface area contributed by atoms with Gasteiger partial charge in [0.15, 0.2) is 0 Å². The van der Waals surface area contributed by atoms with Gasteiger partial charge < -0.3 is 9.47 Å². The lowest BCUT2D eigenvalue weighted by Crippen LogP contribution is -2.34. The van der Waals surface area contributed by atoms with Gasteiger partial charge in [-0.1, -0.05) is 255 Å². The van der Waals surface area contributed by atoms with Crippen molar-refractivity contribution in [3.05, 3.63) is 348 Å². The quantitative estimate of drug-likeness (QED) is 0.117. The third kappa shape index (κ3) is 6.73. The molecule has 0 saturated heterocycles. The van der Waals surface area contributed by atoms with Crippen molar-refractivity contribution < 1.29 is 9.47 Å². The lowest BCUT2D eigenvalue weighted by Gasteiger charge is -2.41. The van der Waals surface area contributed by atoms with Crippen LogP contribution >= 0.6 is 0 Å². The maximum absolute atomic E-state index is 6.74. The van der Waals surface area contributed by atoms with Crippen LogP contribution < -0.4 is 9.47 Å². The molecule has 16 rings (SSSR count). The van der Waals surface area contributed by atoms with E-state index >= 15 is 0 Å². The minimum absolute atomic E-state index is 0.671. The molecular weight excluding hydrogens is 969 g/mol. The summed E-state index contributed by atoms with van der Waals surface area (Å²) in [7, 11) is 0. The van der Waals surface area contributed by atoms with Crippen molar-refractivity contribution in [3.63, 3.8) is 0 Å². The smallest absolute Gasteiger partial charge is 0.132 e. The first-order chi connectivity index (χ1) is 39.7. The molecule has 0 radical (unpaired) electrons. The highest BCUT2D eigenvalue weighted by Crippen LogP contribution is 2.58. The Kier molecular flexibility index (Phi) is 10.4. The second-order valence-corrected chi connectivity index (χ2v) is 21.3. The molecule has 2 aliphatic rings. The largest absolute Gasteiger partial charge is 0.457 e.